The van der Waals surface area contributed by atoms with E-state index < -0.39 is 0 Å². The molecule has 10 nitrogen and oxygen atoms in total. The van der Waals surface area contributed by atoms with Crippen LogP contribution in [0.4, 0.5) is 11.9 Å². The van der Waals surface area contributed by atoms with Crippen molar-refractivity contribution in [2.24, 2.45) is 0 Å². The number of nitrogens with two attached hydrogens (primary N) is 2. The summed E-state index contributed by atoms with van der Waals surface area (Å²) < 4.78 is 5.40. The summed E-state index contributed by atoms with van der Waals surface area (Å²) >= 11 is 5.91. The second-order valence-corrected chi connectivity index (χ2v) is 6.98. The molecule has 4 rings (SSSR count). The van der Waals surface area contributed by atoms with Gasteiger partial charge in [0, 0.05) is 36.8 Å². The predicted octanol–water partition coefficient (Wildman–Crippen LogP) is 1.06. The van der Waals surface area contributed by atoms with Crippen LogP contribution in [0.15, 0.2) is 28.8 Å². The van der Waals surface area contributed by atoms with Gasteiger partial charge in [-0.1, -0.05) is 16.8 Å². The molecule has 28 heavy (non-hydrogen) atoms. The van der Waals surface area contributed by atoms with E-state index in [0.717, 1.165) is 31.7 Å². The number of rotatable bonds is 5. The summed E-state index contributed by atoms with van der Waals surface area (Å²) in [6.07, 6.45) is 0. The van der Waals surface area contributed by atoms with Crippen LogP contribution in [0.1, 0.15) is 11.7 Å². The summed E-state index contributed by atoms with van der Waals surface area (Å²) in [6.45, 7) is 4.67. The van der Waals surface area contributed by atoms with Crippen LogP contribution in [-0.4, -0.2) is 61.1 Å². The van der Waals surface area contributed by atoms with Gasteiger partial charge >= 0.3 is 0 Å². The third kappa shape index (κ3) is 4.53. The fourth-order valence-electron chi connectivity index (χ4n) is 3.06. The molecular weight excluding hydrogens is 382 g/mol. The molecule has 4 N–H and O–H groups in total. The minimum Gasteiger partial charge on any atom is -0.368 e. The molecule has 0 bridgehead atoms. The molecule has 1 saturated heterocycles. The van der Waals surface area contributed by atoms with Crippen molar-refractivity contribution in [3.8, 4) is 11.4 Å². The number of benzene rings is 1. The molecule has 1 aliphatic rings. The monoisotopic (exact) mass is 401 g/mol. The summed E-state index contributed by atoms with van der Waals surface area (Å²) in [5.41, 5.74) is 12.1. The lowest BCUT2D eigenvalue weighted by atomic mass is 10.2. The lowest BCUT2D eigenvalue weighted by Gasteiger charge is -2.33. The highest BCUT2D eigenvalue weighted by Crippen LogP contribution is 2.19. The Kier molecular flexibility index (Phi) is 5.33. The molecule has 0 spiro atoms. The zero-order valence-electron chi connectivity index (χ0n) is 15.1. The highest BCUT2D eigenvalue weighted by molar-refractivity contribution is 6.30. The summed E-state index contributed by atoms with van der Waals surface area (Å²) in [6, 6.07) is 7.35. The lowest BCUT2D eigenvalue weighted by molar-refractivity contribution is 0.110. The summed E-state index contributed by atoms with van der Waals surface area (Å²) in [4.78, 5) is 21.0. The Morgan fingerprint density at radius 3 is 2.11 bits per heavy atom. The van der Waals surface area contributed by atoms with Gasteiger partial charge in [-0.2, -0.15) is 19.9 Å². The molecule has 0 saturated carbocycles. The molecular formula is C17H20ClN9O. The second kappa shape index (κ2) is 8.05. The number of halogens is 1. The molecule has 3 heterocycles. The van der Waals surface area contributed by atoms with Gasteiger partial charge in [0.2, 0.25) is 23.6 Å². The number of anilines is 2. The molecule has 2 aromatic heterocycles. The van der Waals surface area contributed by atoms with E-state index >= 15 is 0 Å². The average Bonchev–Trinajstić information content (AvgIpc) is 3.12. The van der Waals surface area contributed by atoms with Crippen molar-refractivity contribution in [2.45, 2.75) is 13.1 Å². The Morgan fingerprint density at radius 1 is 0.857 bits per heavy atom. The Balaban J connectivity index is 1.30. The van der Waals surface area contributed by atoms with Crippen molar-refractivity contribution in [3.05, 3.63) is 41.0 Å². The second-order valence-electron chi connectivity index (χ2n) is 6.54. The molecule has 0 radical (unpaired) electrons. The highest BCUT2D eigenvalue weighted by atomic mass is 35.5. The van der Waals surface area contributed by atoms with Gasteiger partial charge < -0.3 is 16.0 Å². The smallest absolute Gasteiger partial charge is 0.241 e. The quantitative estimate of drug-likeness (QED) is 0.638. The van der Waals surface area contributed by atoms with Crippen molar-refractivity contribution in [2.75, 3.05) is 37.6 Å². The minimum absolute atomic E-state index is 0.147. The number of hydrogen-bond donors (Lipinski definition) is 2. The van der Waals surface area contributed by atoms with Crippen LogP contribution in [0.25, 0.3) is 11.4 Å². The van der Waals surface area contributed by atoms with Crippen LogP contribution < -0.4 is 11.5 Å². The Bertz CT molecular complexity index is 918. The maximum absolute atomic E-state index is 5.91. The van der Waals surface area contributed by atoms with Gasteiger partial charge in [-0.25, -0.2) is 0 Å². The van der Waals surface area contributed by atoms with Crippen molar-refractivity contribution in [1.82, 2.24) is 34.9 Å². The van der Waals surface area contributed by atoms with Gasteiger partial charge in [0.05, 0.1) is 13.1 Å². The molecule has 0 unspecified atom stereocenters. The van der Waals surface area contributed by atoms with E-state index in [0.29, 0.717) is 35.7 Å². The molecule has 0 atom stereocenters. The van der Waals surface area contributed by atoms with Crippen LogP contribution in [0, 0.1) is 0 Å². The Hall–Kier alpha value is -2.82. The summed E-state index contributed by atoms with van der Waals surface area (Å²) in [5, 5.41) is 4.73. The van der Waals surface area contributed by atoms with E-state index in [1.54, 1.807) is 12.1 Å². The summed E-state index contributed by atoms with van der Waals surface area (Å²) in [5.74, 6) is 2.04. The molecule has 146 valence electrons. The molecule has 1 aromatic carbocycles. The molecule has 0 amide bonds. The number of hydrogen-bond acceptors (Lipinski definition) is 10. The van der Waals surface area contributed by atoms with Gasteiger partial charge in [0.1, 0.15) is 5.82 Å². The highest BCUT2D eigenvalue weighted by Gasteiger charge is 2.20. The van der Waals surface area contributed by atoms with E-state index in [1.165, 1.54) is 0 Å². The van der Waals surface area contributed by atoms with E-state index in [9.17, 15) is 0 Å². The van der Waals surface area contributed by atoms with Crippen LogP contribution in [0.3, 0.4) is 0 Å². The predicted molar refractivity (Wildman–Crippen MR) is 104 cm³/mol. The number of piperazine rings is 1. The number of aromatic nitrogens is 5. The number of nitrogens with zero attached hydrogens (tertiary/aromatic N) is 7. The SMILES string of the molecule is Nc1nc(N)nc(CN2CCN(Cc3nc(-c4ccc(Cl)cc4)no3)CC2)n1. The first-order valence-electron chi connectivity index (χ1n) is 8.84. The molecule has 3 aromatic rings. The van der Waals surface area contributed by atoms with Gasteiger partial charge in [-0.15, -0.1) is 0 Å². The van der Waals surface area contributed by atoms with Crippen LogP contribution >= 0.6 is 11.6 Å². The zero-order valence-corrected chi connectivity index (χ0v) is 15.9. The first kappa shape index (κ1) is 18.5. The number of nitrogen functional groups attached to an aromatic ring is 2. The van der Waals surface area contributed by atoms with Crippen LogP contribution in [0.2, 0.25) is 5.02 Å². The topological polar surface area (TPSA) is 136 Å². The van der Waals surface area contributed by atoms with E-state index in [4.69, 9.17) is 27.6 Å². The van der Waals surface area contributed by atoms with Crippen molar-refractivity contribution < 1.29 is 4.52 Å². The average molecular weight is 402 g/mol. The zero-order chi connectivity index (χ0) is 19.5. The summed E-state index contributed by atoms with van der Waals surface area (Å²) in [7, 11) is 0. The Morgan fingerprint density at radius 2 is 1.46 bits per heavy atom. The fourth-order valence-corrected chi connectivity index (χ4v) is 3.19. The van der Waals surface area contributed by atoms with E-state index in [2.05, 4.69) is 34.9 Å². The molecule has 11 heteroatoms. The van der Waals surface area contributed by atoms with Gasteiger partial charge in [-0.3, -0.25) is 9.80 Å². The molecule has 1 fully saturated rings. The molecule has 1 aliphatic heterocycles. The Labute approximate surface area is 166 Å². The van der Waals surface area contributed by atoms with Crippen molar-refractivity contribution in [3.63, 3.8) is 0 Å². The van der Waals surface area contributed by atoms with Crippen LogP contribution in [0.5, 0.6) is 0 Å². The van der Waals surface area contributed by atoms with Crippen molar-refractivity contribution in [1.29, 1.82) is 0 Å². The lowest BCUT2D eigenvalue weighted by Crippen LogP contribution is -2.45. The van der Waals surface area contributed by atoms with Gasteiger partial charge in [-0.05, 0) is 24.3 Å². The van der Waals surface area contributed by atoms with E-state index in [1.807, 2.05) is 12.1 Å². The molecule has 0 aliphatic carbocycles. The third-order valence-electron chi connectivity index (χ3n) is 4.48. The third-order valence-corrected chi connectivity index (χ3v) is 4.73. The van der Waals surface area contributed by atoms with Crippen LogP contribution in [-0.2, 0) is 13.1 Å². The van der Waals surface area contributed by atoms with Gasteiger partial charge in [0.15, 0.2) is 0 Å². The first-order valence-corrected chi connectivity index (χ1v) is 9.22. The van der Waals surface area contributed by atoms with Crippen molar-refractivity contribution >= 4 is 23.5 Å². The minimum atomic E-state index is 0.147. The largest absolute Gasteiger partial charge is 0.368 e. The normalized spacial score (nSPS) is 15.8. The fraction of sp³-hybridized carbons (Fsp3) is 0.353. The van der Waals surface area contributed by atoms with Gasteiger partial charge in [0.25, 0.3) is 0 Å². The maximum Gasteiger partial charge on any atom is 0.241 e. The maximum atomic E-state index is 5.91. The standard InChI is InChI=1S/C17H20ClN9O/c18-12-3-1-11(2-4-12)15-23-14(28-25-15)10-27-7-5-26(6-8-27)9-13-21-16(19)24-17(20)22-13/h1-4H,5-10H2,(H4,19,20,21,22,24). The first-order chi connectivity index (χ1) is 13.5. The van der Waals surface area contributed by atoms with E-state index in [-0.39, 0.29) is 11.9 Å².